The predicted molar refractivity (Wildman–Crippen MR) is 51.8 cm³/mol. The van der Waals surface area contributed by atoms with E-state index in [0.29, 0.717) is 0 Å². The zero-order valence-corrected chi connectivity index (χ0v) is 9.09. The van der Waals surface area contributed by atoms with Gasteiger partial charge < -0.3 is 45.3 Å². The second-order valence-corrected chi connectivity index (χ2v) is 3.29. The molecule has 0 aliphatic rings. The molecule has 4 atom stereocenters. The number of hydrogen-bond acceptors (Lipinski definition) is 9. The van der Waals surface area contributed by atoms with Crippen molar-refractivity contribution in [3.05, 3.63) is 0 Å². The third-order valence-electron chi connectivity index (χ3n) is 1.51. The highest BCUT2D eigenvalue weighted by molar-refractivity contribution is 7.38. The second-order valence-electron chi connectivity index (χ2n) is 2.75. The molecule has 0 aliphatic carbocycles. The van der Waals surface area contributed by atoms with E-state index in [1.54, 1.807) is 0 Å². The second kappa shape index (κ2) is 10.2. The Hall–Kier alpha value is 0.0700. The SMILES string of the molecule is OCC(O)C(O)C(O)C(O)CO.OP(O)O. The van der Waals surface area contributed by atoms with E-state index in [4.69, 9.17) is 45.3 Å². The van der Waals surface area contributed by atoms with Crippen molar-refractivity contribution >= 4 is 8.60 Å². The van der Waals surface area contributed by atoms with E-state index in [2.05, 4.69) is 0 Å². The van der Waals surface area contributed by atoms with Crippen LogP contribution < -0.4 is 0 Å². The molecule has 0 aromatic heterocycles. The molecule has 0 saturated carbocycles. The zero-order valence-electron chi connectivity index (χ0n) is 8.20. The minimum Gasteiger partial charge on any atom is -0.394 e. The molecule has 10 heteroatoms. The molecule has 0 rings (SSSR count). The minimum absolute atomic E-state index is 0.726. The molecule has 0 spiro atoms. The third-order valence-corrected chi connectivity index (χ3v) is 1.51. The van der Waals surface area contributed by atoms with Crippen LogP contribution in [0, 0.1) is 0 Å². The highest BCUT2D eigenvalue weighted by Gasteiger charge is 2.29. The number of aliphatic hydroxyl groups excluding tert-OH is 6. The van der Waals surface area contributed by atoms with Gasteiger partial charge in [-0.25, -0.2) is 0 Å². The topological polar surface area (TPSA) is 182 Å². The summed E-state index contributed by atoms with van der Waals surface area (Å²) in [6, 6.07) is 0. The lowest BCUT2D eigenvalue weighted by atomic mass is 10.0. The average molecular weight is 264 g/mol. The molecule has 0 aliphatic heterocycles. The lowest BCUT2D eigenvalue weighted by Gasteiger charge is -2.24. The van der Waals surface area contributed by atoms with E-state index < -0.39 is 46.2 Å². The van der Waals surface area contributed by atoms with E-state index in [-0.39, 0.29) is 0 Å². The molecule has 9 N–H and O–H groups in total. The molecule has 9 nitrogen and oxygen atoms in total. The smallest absolute Gasteiger partial charge is 0.324 e. The number of hydrogen-bond donors (Lipinski definition) is 9. The van der Waals surface area contributed by atoms with Crippen LogP contribution in [0.25, 0.3) is 0 Å². The summed E-state index contributed by atoms with van der Waals surface area (Å²) < 4.78 is 0. The first-order valence-corrected chi connectivity index (χ1v) is 5.28. The van der Waals surface area contributed by atoms with Gasteiger partial charge in [-0.2, -0.15) is 0 Å². The largest absolute Gasteiger partial charge is 0.394 e. The Morgan fingerprint density at radius 1 is 0.688 bits per heavy atom. The van der Waals surface area contributed by atoms with Crippen LogP contribution in [-0.2, 0) is 0 Å². The minimum atomic E-state index is -2.62. The average Bonchev–Trinajstić information content (AvgIpc) is 2.24. The fraction of sp³-hybridized carbons (Fsp3) is 1.00. The van der Waals surface area contributed by atoms with Crippen molar-refractivity contribution in [2.24, 2.45) is 0 Å². The Kier molecular flexibility index (Phi) is 11.8. The zero-order chi connectivity index (χ0) is 13.3. The Morgan fingerprint density at radius 2 is 0.875 bits per heavy atom. The van der Waals surface area contributed by atoms with Gasteiger partial charge in [-0.05, 0) is 0 Å². The van der Waals surface area contributed by atoms with Gasteiger partial charge in [-0.1, -0.05) is 0 Å². The highest BCUT2D eigenvalue weighted by atomic mass is 31.2. The highest BCUT2D eigenvalue weighted by Crippen LogP contribution is 2.11. The number of rotatable bonds is 5. The Morgan fingerprint density at radius 3 is 1.00 bits per heavy atom. The van der Waals surface area contributed by atoms with Gasteiger partial charge in [-0.15, -0.1) is 0 Å². The first-order valence-electron chi connectivity index (χ1n) is 4.08. The van der Waals surface area contributed by atoms with Gasteiger partial charge in [0.15, 0.2) is 0 Å². The summed E-state index contributed by atoms with van der Waals surface area (Å²) in [4.78, 5) is 21.7. The molecule has 16 heavy (non-hydrogen) atoms. The van der Waals surface area contributed by atoms with E-state index >= 15 is 0 Å². The lowest BCUT2D eigenvalue weighted by Crippen LogP contribution is -2.46. The van der Waals surface area contributed by atoms with Crippen molar-refractivity contribution in [3.63, 3.8) is 0 Å². The Labute approximate surface area is 92.5 Å². The standard InChI is InChI=1S/C6H14O6.H3O3P/c7-1-3(9)5(11)6(12)4(10)2-8;1-4(2)3/h3-12H,1-2H2;1-3H. The molecule has 0 heterocycles. The summed E-state index contributed by atoms with van der Waals surface area (Å²) in [5, 5.41) is 52.2. The summed E-state index contributed by atoms with van der Waals surface area (Å²) in [5.41, 5.74) is 0. The van der Waals surface area contributed by atoms with Crippen LogP contribution in [0.5, 0.6) is 0 Å². The maximum Gasteiger partial charge on any atom is 0.324 e. The monoisotopic (exact) mass is 264 g/mol. The van der Waals surface area contributed by atoms with Crippen LogP contribution in [0.2, 0.25) is 0 Å². The molecular weight excluding hydrogens is 247 g/mol. The molecule has 0 aromatic carbocycles. The maximum absolute atomic E-state index is 8.96. The van der Waals surface area contributed by atoms with Crippen LogP contribution in [0.3, 0.4) is 0 Å². The quantitative estimate of drug-likeness (QED) is 0.221. The lowest BCUT2D eigenvalue weighted by molar-refractivity contribution is -0.123. The molecule has 0 saturated heterocycles. The number of aliphatic hydroxyl groups is 6. The van der Waals surface area contributed by atoms with Crippen LogP contribution in [0.1, 0.15) is 0 Å². The molecule has 100 valence electrons. The maximum atomic E-state index is 8.96. The summed E-state index contributed by atoms with van der Waals surface area (Å²) in [7, 11) is -2.62. The summed E-state index contributed by atoms with van der Waals surface area (Å²) in [6.07, 6.45) is -6.39. The van der Waals surface area contributed by atoms with Crippen molar-refractivity contribution in [1.82, 2.24) is 0 Å². The summed E-state index contributed by atoms with van der Waals surface area (Å²) in [5.74, 6) is 0. The predicted octanol–water partition coefficient (Wildman–Crippen LogP) is -4.40. The van der Waals surface area contributed by atoms with Crippen molar-refractivity contribution in [1.29, 1.82) is 0 Å². The normalized spacial score (nSPS) is 18.4. The van der Waals surface area contributed by atoms with Crippen LogP contribution in [0.15, 0.2) is 0 Å². The van der Waals surface area contributed by atoms with Gasteiger partial charge in [0.2, 0.25) is 0 Å². The molecule has 0 radical (unpaired) electrons. The molecule has 0 aromatic rings. The van der Waals surface area contributed by atoms with Gasteiger partial charge >= 0.3 is 8.60 Å². The Balaban J connectivity index is 0. The fourth-order valence-corrected chi connectivity index (χ4v) is 0.671. The van der Waals surface area contributed by atoms with Gasteiger partial charge in [0.25, 0.3) is 0 Å². The third kappa shape index (κ3) is 9.31. The van der Waals surface area contributed by atoms with Crippen molar-refractivity contribution in [3.8, 4) is 0 Å². The van der Waals surface area contributed by atoms with Crippen molar-refractivity contribution < 1.29 is 45.3 Å². The first-order chi connectivity index (χ1) is 7.27. The molecular formula is C6H17O9P. The van der Waals surface area contributed by atoms with E-state index in [0.717, 1.165) is 0 Å². The molecule has 0 amide bonds. The van der Waals surface area contributed by atoms with Gasteiger partial charge in [0, 0.05) is 0 Å². The molecule has 4 unspecified atom stereocenters. The van der Waals surface area contributed by atoms with Gasteiger partial charge in [0.05, 0.1) is 13.2 Å². The molecule has 0 bridgehead atoms. The van der Waals surface area contributed by atoms with Crippen LogP contribution in [-0.4, -0.2) is 82.9 Å². The van der Waals surface area contributed by atoms with Crippen molar-refractivity contribution in [2.75, 3.05) is 13.2 Å². The summed E-state index contributed by atoms with van der Waals surface area (Å²) in [6.45, 7) is -1.45. The van der Waals surface area contributed by atoms with E-state index in [1.165, 1.54) is 0 Å². The van der Waals surface area contributed by atoms with Gasteiger partial charge in [-0.3, -0.25) is 0 Å². The van der Waals surface area contributed by atoms with Gasteiger partial charge in [0.1, 0.15) is 24.4 Å². The Bertz CT molecular complexity index is 140. The summed E-state index contributed by atoms with van der Waals surface area (Å²) >= 11 is 0. The van der Waals surface area contributed by atoms with E-state index in [1.807, 2.05) is 0 Å². The van der Waals surface area contributed by atoms with Crippen LogP contribution in [0.4, 0.5) is 0 Å². The van der Waals surface area contributed by atoms with Crippen LogP contribution >= 0.6 is 8.60 Å². The first kappa shape index (κ1) is 18.4. The van der Waals surface area contributed by atoms with E-state index in [9.17, 15) is 0 Å². The molecule has 0 fully saturated rings. The van der Waals surface area contributed by atoms with Crippen molar-refractivity contribution in [2.45, 2.75) is 24.4 Å². The fourth-order valence-electron chi connectivity index (χ4n) is 0.671.